The van der Waals surface area contributed by atoms with Crippen molar-refractivity contribution < 1.29 is 19.1 Å². The quantitative estimate of drug-likeness (QED) is 0.738. The third kappa shape index (κ3) is 6.25. The minimum Gasteiger partial charge on any atom is -0.493 e. The number of para-hydroxylation sites is 1. The number of nitrogens with one attached hydrogen (secondary N) is 1. The first kappa shape index (κ1) is 19.0. The van der Waals surface area contributed by atoms with E-state index in [1.54, 1.807) is 12.1 Å². The van der Waals surface area contributed by atoms with Crippen LogP contribution in [0.25, 0.3) is 0 Å². The predicted octanol–water partition coefficient (Wildman–Crippen LogP) is 3.73. The molecule has 25 heavy (non-hydrogen) atoms. The number of hydrogen-bond acceptors (Lipinski definition) is 5. The summed E-state index contributed by atoms with van der Waals surface area (Å²) in [6.45, 7) is 1.61. The summed E-state index contributed by atoms with van der Waals surface area (Å²) < 4.78 is 10.5. The molecule has 2 aromatic rings. The molecule has 1 amide bonds. The highest BCUT2D eigenvalue weighted by atomic mass is 35.5. The molecule has 0 radical (unpaired) electrons. The second-order valence-corrected chi connectivity index (χ2v) is 5.86. The Balaban J connectivity index is 1.77. The largest absolute Gasteiger partial charge is 0.493 e. The number of halogens is 2. The van der Waals surface area contributed by atoms with Gasteiger partial charge in [0.05, 0.1) is 23.1 Å². The number of benzene rings is 1. The lowest BCUT2D eigenvalue weighted by Crippen LogP contribution is -2.30. The van der Waals surface area contributed by atoms with Crippen LogP contribution >= 0.6 is 23.2 Å². The van der Waals surface area contributed by atoms with E-state index in [9.17, 15) is 9.59 Å². The number of pyridine rings is 1. The van der Waals surface area contributed by atoms with E-state index in [-0.39, 0.29) is 23.9 Å². The van der Waals surface area contributed by atoms with Crippen LogP contribution in [0.1, 0.15) is 13.3 Å². The van der Waals surface area contributed by atoms with Crippen molar-refractivity contribution in [2.24, 2.45) is 0 Å². The van der Waals surface area contributed by atoms with Crippen LogP contribution in [0, 0.1) is 0 Å². The Kier molecular flexibility index (Phi) is 7.03. The van der Waals surface area contributed by atoms with Crippen molar-refractivity contribution in [1.82, 2.24) is 4.98 Å². The molecule has 0 aliphatic carbocycles. The van der Waals surface area contributed by atoms with Crippen LogP contribution in [-0.4, -0.2) is 29.6 Å². The monoisotopic (exact) mass is 382 g/mol. The molecule has 0 spiro atoms. The molecule has 1 atom stereocenters. The fourth-order valence-electron chi connectivity index (χ4n) is 1.80. The van der Waals surface area contributed by atoms with E-state index in [1.165, 1.54) is 19.2 Å². The van der Waals surface area contributed by atoms with Crippen molar-refractivity contribution in [3.63, 3.8) is 0 Å². The standard InChI is InChI=1S/C17H16Cl2N2O4/c1-11(17(23)21-16-14(19)9-12(18)10-20-16)25-15(22)7-8-24-13-5-3-2-4-6-13/h2-6,9-11H,7-8H2,1H3,(H,20,21,23)/t11-/m1/s1. The number of nitrogens with zero attached hydrogens (tertiary/aromatic N) is 1. The number of rotatable bonds is 7. The number of hydrogen-bond donors (Lipinski definition) is 1. The molecule has 8 heteroatoms. The van der Waals surface area contributed by atoms with Gasteiger partial charge in [0.1, 0.15) is 5.75 Å². The number of ether oxygens (including phenoxy) is 2. The highest BCUT2D eigenvalue weighted by Crippen LogP contribution is 2.22. The minimum absolute atomic E-state index is 0.0203. The lowest BCUT2D eigenvalue weighted by atomic mass is 10.3. The topological polar surface area (TPSA) is 77.5 Å². The number of aromatic nitrogens is 1. The van der Waals surface area contributed by atoms with Gasteiger partial charge in [-0.2, -0.15) is 0 Å². The zero-order valence-electron chi connectivity index (χ0n) is 13.4. The molecule has 1 N–H and O–H groups in total. The molecule has 0 unspecified atom stereocenters. The van der Waals surface area contributed by atoms with E-state index in [1.807, 2.05) is 18.2 Å². The Hall–Kier alpha value is -2.31. The fraction of sp³-hybridized carbons (Fsp3) is 0.235. The van der Waals surface area contributed by atoms with Gasteiger partial charge in [-0.25, -0.2) is 4.98 Å². The molecule has 1 heterocycles. The molecule has 0 saturated carbocycles. The first-order valence-corrected chi connectivity index (χ1v) is 8.20. The molecule has 2 rings (SSSR count). The van der Waals surface area contributed by atoms with Gasteiger partial charge in [-0.15, -0.1) is 0 Å². The first-order valence-electron chi connectivity index (χ1n) is 7.45. The fourth-order valence-corrected chi connectivity index (χ4v) is 2.23. The Morgan fingerprint density at radius 3 is 2.64 bits per heavy atom. The molecule has 6 nitrogen and oxygen atoms in total. The van der Waals surface area contributed by atoms with Crippen molar-refractivity contribution in [2.75, 3.05) is 11.9 Å². The maximum atomic E-state index is 12.0. The molecule has 1 aromatic carbocycles. The van der Waals surface area contributed by atoms with Crippen LogP contribution in [-0.2, 0) is 14.3 Å². The summed E-state index contributed by atoms with van der Waals surface area (Å²) in [5, 5.41) is 3.01. The highest BCUT2D eigenvalue weighted by molar-refractivity contribution is 6.36. The van der Waals surface area contributed by atoms with Crippen LogP contribution in [0.3, 0.4) is 0 Å². The smallest absolute Gasteiger partial charge is 0.310 e. The van der Waals surface area contributed by atoms with Crippen molar-refractivity contribution >= 4 is 40.9 Å². The van der Waals surface area contributed by atoms with Crippen molar-refractivity contribution in [3.8, 4) is 5.75 Å². The summed E-state index contributed by atoms with van der Waals surface area (Å²) in [4.78, 5) is 27.7. The Morgan fingerprint density at radius 1 is 1.24 bits per heavy atom. The van der Waals surface area contributed by atoms with Crippen LogP contribution in [0.4, 0.5) is 5.82 Å². The zero-order valence-corrected chi connectivity index (χ0v) is 14.9. The third-order valence-corrected chi connectivity index (χ3v) is 3.54. The molecule has 0 aliphatic heterocycles. The van der Waals surface area contributed by atoms with Gasteiger partial charge in [0.15, 0.2) is 11.9 Å². The van der Waals surface area contributed by atoms with Gasteiger partial charge < -0.3 is 14.8 Å². The van der Waals surface area contributed by atoms with E-state index in [0.29, 0.717) is 10.8 Å². The van der Waals surface area contributed by atoms with Gasteiger partial charge in [-0.1, -0.05) is 41.4 Å². The summed E-state index contributed by atoms with van der Waals surface area (Å²) >= 11 is 11.7. The molecular weight excluding hydrogens is 367 g/mol. The summed E-state index contributed by atoms with van der Waals surface area (Å²) in [6, 6.07) is 10.5. The van der Waals surface area contributed by atoms with Crippen LogP contribution < -0.4 is 10.1 Å². The maximum absolute atomic E-state index is 12.0. The average molecular weight is 383 g/mol. The molecule has 0 fully saturated rings. The van der Waals surface area contributed by atoms with Gasteiger partial charge in [-0.05, 0) is 25.1 Å². The number of anilines is 1. The Bertz CT molecular complexity index is 741. The van der Waals surface area contributed by atoms with E-state index in [0.717, 1.165) is 0 Å². The molecule has 132 valence electrons. The van der Waals surface area contributed by atoms with Crippen molar-refractivity contribution in [1.29, 1.82) is 0 Å². The second-order valence-electron chi connectivity index (χ2n) is 5.02. The zero-order chi connectivity index (χ0) is 18.2. The Morgan fingerprint density at radius 2 is 1.96 bits per heavy atom. The summed E-state index contributed by atoms with van der Waals surface area (Å²) in [6.07, 6.45) is 0.366. The van der Waals surface area contributed by atoms with Gasteiger partial charge in [0.25, 0.3) is 5.91 Å². The van der Waals surface area contributed by atoms with Crippen LogP contribution in [0.2, 0.25) is 10.0 Å². The van der Waals surface area contributed by atoms with Gasteiger partial charge in [0, 0.05) is 6.20 Å². The Labute approximate surface area is 155 Å². The summed E-state index contributed by atoms with van der Waals surface area (Å²) in [5.41, 5.74) is 0. The molecular formula is C17H16Cl2N2O4. The lowest BCUT2D eigenvalue weighted by molar-refractivity contribution is -0.153. The van der Waals surface area contributed by atoms with Crippen molar-refractivity contribution in [2.45, 2.75) is 19.4 Å². The molecule has 0 saturated heterocycles. The van der Waals surface area contributed by atoms with E-state index in [2.05, 4.69) is 10.3 Å². The lowest BCUT2D eigenvalue weighted by Gasteiger charge is -2.14. The number of esters is 1. The third-order valence-electron chi connectivity index (χ3n) is 3.04. The van der Waals surface area contributed by atoms with Crippen LogP contribution in [0.15, 0.2) is 42.6 Å². The average Bonchev–Trinajstić information content (AvgIpc) is 2.58. The number of carbonyl (C=O) groups excluding carboxylic acids is 2. The normalized spacial score (nSPS) is 11.5. The highest BCUT2D eigenvalue weighted by Gasteiger charge is 2.19. The molecule has 1 aromatic heterocycles. The summed E-state index contributed by atoms with van der Waals surface area (Å²) in [5.74, 6) is -0.293. The molecule has 0 bridgehead atoms. The van der Waals surface area contributed by atoms with Crippen molar-refractivity contribution in [3.05, 3.63) is 52.6 Å². The summed E-state index contributed by atoms with van der Waals surface area (Å²) in [7, 11) is 0. The minimum atomic E-state index is -1.00. The van der Waals surface area contributed by atoms with Crippen LogP contribution in [0.5, 0.6) is 5.75 Å². The van der Waals surface area contributed by atoms with E-state index in [4.69, 9.17) is 32.7 Å². The van der Waals surface area contributed by atoms with E-state index < -0.39 is 18.0 Å². The first-order chi connectivity index (χ1) is 12.0. The van der Waals surface area contributed by atoms with E-state index >= 15 is 0 Å². The maximum Gasteiger partial charge on any atom is 0.310 e. The SMILES string of the molecule is C[C@@H](OC(=O)CCOc1ccccc1)C(=O)Nc1ncc(Cl)cc1Cl. The predicted molar refractivity (Wildman–Crippen MR) is 95.0 cm³/mol. The van der Waals surface area contributed by atoms with Gasteiger partial charge >= 0.3 is 5.97 Å². The second kappa shape index (κ2) is 9.25. The molecule has 0 aliphatic rings. The number of amides is 1. The van der Waals surface area contributed by atoms with Gasteiger partial charge in [-0.3, -0.25) is 9.59 Å². The number of carbonyl (C=O) groups is 2. The van der Waals surface area contributed by atoms with Gasteiger partial charge in [0.2, 0.25) is 0 Å².